The van der Waals surface area contributed by atoms with Gasteiger partial charge in [-0.15, -0.1) is 0 Å². The minimum absolute atomic E-state index is 0.660. The van der Waals surface area contributed by atoms with E-state index in [4.69, 9.17) is 4.74 Å². The Morgan fingerprint density at radius 2 is 2.35 bits per heavy atom. The van der Waals surface area contributed by atoms with Crippen LogP contribution < -0.4 is 10.1 Å². The van der Waals surface area contributed by atoms with Crippen molar-refractivity contribution in [2.45, 2.75) is 39.0 Å². The van der Waals surface area contributed by atoms with Gasteiger partial charge in [0.05, 0.1) is 6.61 Å². The van der Waals surface area contributed by atoms with Gasteiger partial charge in [-0.2, -0.15) is 4.98 Å². The molecule has 0 atom stereocenters. The van der Waals surface area contributed by atoms with Crippen LogP contribution in [0.25, 0.3) is 0 Å². The summed E-state index contributed by atoms with van der Waals surface area (Å²) in [6.07, 6.45) is 8.15. The highest BCUT2D eigenvalue weighted by atomic mass is 16.5. The molecule has 0 bridgehead atoms. The van der Waals surface area contributed by atoms with E-state index in [1.54, 1.807) is 12.3 Å². The molecule has 1 aliphatic carbocycles. The van der Waals surface area contributed by atoms with Gasteiger partial charge in [0.25, 0.3) is 0 Å². The second-order valence-corrected chi connectivity index (χ2v) is 4.58. The minimum atomic E-state index is 0.660. The van der Waals surface area contributed by atoms with Gasteiger partial charge < -0.3 is 10.1 Å². The second-order valence-electron chi connectivity index (χ2n) is 4.58. The number of anilines is 1. The van der Waals surface area contributed by atoms with E-state index < -0.39 is 0 Å². The van der Waals surface area contributed by atoms with Crippen molar-refractivity contribution in [3.8, 4) is 5.88 Å². The van der Waals surface area contributed by atoms with Crippen LogP contribution in [0.3, 0.4) is 0 Å². The van der Waals surface area contributed by atoms with Gasteiger partial charge in [-0.1, -0.05) is 26.2 Å². The van der Waals surface area contributed by atoms with Crippen LogP contribution in [0.15, 0.2) is 12.3 Å². The number of nitrogens with one attached hydrogen (secondary N) is 1. The Morgan fingerprint density at radius 3 is 3.06 bits per heavy atom. The lowest BCUT2D eigenvalue weighted by atomic mass is 9.83. The van der Waals surface area contributed by atoms with Crippen molar-refractivity contribution in [1.82, 2.24) is 9.97 Å². The summed E-state index contributed by atoms with van der Waals surface area (Å²) in [5, 5.41) is 3.26. The summed E-state index contributed by atoms with van der Waals surface area (Å²) in [7, 11) is 0. The summed E-state index contributed by atoms with van der Waals surface area (Å²) in [4.78, 5) is 8.49. The zero-order chi connectivity index (χ0) is 11.9. The molecule has 1 fully saturated rings. The summed E-state index contributed by atoms with van der Waals surface area (Å²) in [5.74, 6) is 2.26. The predicted octanol–water partition coefficient (Wildman–Crippen LogP) is 2.87. The molecule has 4 heteroatoms. The van der Waals surface area contributed by atoms with E-state index in [1.165, 1.54) is 25.7 Å². The summed E-state index contributed by atoms with van der Waals surface area (Å²) in [5.41, 5.74) is 0. The van der Waals surface area contributed by atoms with Crippen LogP contribution in [0.5, 0.6) is 5.88 Å². The lowest BCUT2D eigenvalue weighted by Crippen LogP contribution is -2.16. The maximum absolute atomic E-state index is 5.46. The Labute approximate surface area is 103 Å². The lowest BCUT2D eigenvalue weighted by Gasteiger charge is -2.25. The highest BCUT2D eigenvalue weighted by Crippen LogP contribution is 2.28. The van der Waals surface area contributed by atoms with Crippen molar-refractivity contribution < 1.29 is 4.74 Å². The standard InChI is InChI=1S/C13H21N3O/c1-2-10-17-12-7-9-15-13(16-12)14-8-6-11-4-3-5-11/h7,9,11H,2-6,8,10H2,1H3,(H,14,15,16). The molecule has 0 radical (unpaired) electrons. The van der Waals surface area contributed by atoms with E-state index >= 15 is 0 Å². The molecule has 1 N–H and O–H groups in total. The first kappa shape index (κ1) is 12.1. The molecule has 0 amide bonds. The van der Waals surface area contributed by atoms with Gasteiger partial charge in [-0.05, 0) is 18.8 Å². The van der Waals surface area contributed by atoms with Crippen LogP contribution in [0.4, 0.5) is 5.95 Å². The zero-order valence-electron chi connectivity index (χ0n) is 10.5. The summed E-state index contributed by atoms with van der Waals surface area (Å²) in [6, 6.07) is 1.80. The highest BCUT2D eigenvalue weighted by Gasteiger charge is 2.16. The van der Waals surface area contributed by atoms with Gasteiger partial charge in [-0.3, -0.25) is 0 Å². The van der Waals surface area contributed by atoms with E-state index in [0.29, 0.717) is 18.4 Å². The third-order valence-corrected chi connectivity index (χ3v) is 3.14. The third kappa shape index (κ3) is 3.88. The van der Waals surface area contributed by atoms with Gasteiger partial charge in [0.1, 0.15) is 0 Å². The van der Waals surface area contributed by atoms with Crippen molar-refractivity contribution in [3.63, 3.8) is 0 Å². The first-order valence-corrected chi connectivity index (χ1v) is 6.58. The smallest absolute Gasteiger partial charge is 0.225 e. The van der Waals surface area contributed by atoms with Crippen molar-refractivity contribution >= 4 is 5.95 Å². The van der Waals surface area contributed by atoms with Gasteiger partial charge in [0, 0.05) is 18.8 Å². The van der Waals surface area contributed by atoms with E-state index in [0.717, 1.165) is 18.9 Å². The molecule has 0 aromatic carbocycles. The fraction of sp³-hybridized carbons (Fsp3) is 0.692. The molecule has 1 aliphatic rings. The Morgan fingerprint density at radius 1 is 1.47 bits per heavy atom. The largest absolute Gasteiger partial charge is 0.478 e. The molecular weight excluding hydrogens is 214 g/mol. The summed E-state index contributed by atoms with van der Waals surface area (Å²) < 4.78 is 5.46. The minimum Gasteiger partial charge on any atom is -0.478 e. The van der Waals surface area contributed by atoms with Gasteiger partial charge in [-0.25, -0.2) is 4.98 Å². The number of hydrogen-bond donors (Lipinski definition) is 1. The molecular formula is C13H21N3O. The van der Waals surface area contributed by atoms with Crippen LogP contribution in [0.1, 0.15) is 39.0 Å². The van der Waals surface area contributed by atoms with Gasteiger partial charge >= 0.3 is 0 Å². The van der Waals surface area contributed by atoms with Crippen molar-refractivity contribution in [2.75, 3.05) is 18.5 Å². The fourth-order valence-corrected chi connectivity index (χ4v) is 1.88. The molecule has 4 nitrogen and oxygen atoms in total. The van der Waals surface area contributed by atoms with Crippen LogP contribution in [-0.4, -0.2) is 23.1 Å². The van der Waals surface area contributed by atoms with E-state index in [2.05, 4.69) is 22.2 Å². The second kappa shape index (κ2) is 6.42. The van der Waals surface area contributed by atoms with Crippen molar-refractivity contribution in [1.29, 1.82) is 0 Å². The number of hydrogen-bond acceptors (Lipinski definition) is 4. The number of ether oxygens (including phenoxy) is 1. The molecule has 1 aromatic heterocycles. The molecule has 1 heterocycles. The number of rotatable bonds is 7. The Hall–Kier alpha value is -1.32. The Kier molecular flexibility index (Phi) is 4.59. The number of aromatic nitrogens is 2. The first-order chi connectivity index (χ1) is 8.38. The van der Waals surface area contributed by atoms with Crippen molar-refractivity contribution in [2.24, 2.45) is 5.92 Å². The maximum atomic E-state index is 5.46. The normalized spacial score (nSPS) is 15.4. The lowest BCUT2D eigenvalue weighted by molar-refractivity contribution is 0.301. The van der Waals surface area contributed by atoms with E-state index in [9.17, 15) is 0 Å². The highest BCUT2D eigenvalue weighted by molar-refractivity contribution is 5.27. The molecule has 0 saturated heterocycles. The Bertz CT molecular complexity index is 339. The SMILES string of the molecule is CCCOc1ccnc(NCCC2CCC2)n1. The summed E-state index contributed by atoms with van der Waals surface area (Å²) >= 11 is 0. The zero-order valence-corrected chi connectivity index (χ0v) is 10.5. The topological polar surface area (TPSA) is 47.0 Å². The molecule has 1 aromatic rings. The van der Waals surface area contributed by atoms with E-state index in [1.807, 2.05) is 0 Å². The van der Waals surface area contributed by atoms with Gasteiger partial charge in [0.2, 0.25) is 11.8 Å². The molecule has 2 rings (SSSR count). The molecule has 94 valence electrons. The molecule has 0 aliphatic heterocycles. The van der Waals surface area contributed by atoms with Crippen molar-refractivity contribution in [3.05, 3.63) is 12.3 Å². The van der Waals surface area contributed by atoms with Crippen LogP contribution in [0, 0.1) is 5.92 Å². The maximum Gasteiger partial charge on any atom is 0.225 e. The average molecular weight is 235 g/mol. The molecule has 0 spiro atoms. The number of nitrogens with zero attached hydrogens (tertiary/aromatic N) is 2. The summed E-state index contributed by atoms with van der Waals surface area (Å²) in [6.45, 7) is 3.75. The Balaban J connectivity index is 1.74. The van der Waals surface area contributed by atoms with Gasteiger partial charge in [0.15, 0.2) is 0 Å². The molecule has 0 unspecified atom stereocenters. The fourth-order valence-electron chi connectivity index (χ4n) is 1.88. The van der Waals surface area contributed by atoms with Crippen LogP contribution in [-0.2, 0) is 0 Å². The molecule has 17 heavy (non-hydrogen) atoms. The first-order valence-electron chi connectivity index (χ1n) is 6.58. The molecule has 1 saturated carbocycles. The monoisotopic (exact) mass is 235 g/mol. The van der Waals surface area contributed by atoms with Crippen LogP contribution >= 0.6 is 0 Å². The van der Waals surface area contributed by atoms with Crippen LogP contribution in [0.2, 0.25) is 0 Å². The predicted molar refractivity (Wildman–Crippen MR) is 68.3 cm³/mol. The van der Waals surface area contributed by atoms with E-state index in [-0.39, 0.29) is 0 Å². The average Bonchev–Trinajstić information content (AvgIpc) is 2.30. The third-order valence-electron chi connectivity index (χ3n) is 3.14. The quantitative estimate of drug-likeness (QED) is 0.789.